The second kappa shape index (κ2) is 15.9. The van der Waals surface area contributed by atoms with Crippen LogP contribution in [0.4, 0.5) is 0 Å². The molecule has 0 fully saturated rings. The first-order valence-electron chi connectivity index (χ1n) is 18.1. The monoisotopic (exact) mass is 701 g/mol. The van der Waals surface area contributed by atoms with Crippen LogP contribution in [0.1, 0.15) is 40.3 Å². The number of ether oxygens (including phenoxy) is 1. The van der Waals surface area contributed by atoms with Gasteiger partial charge in [-0.2, -0.15) is 0 Å². The van der Waals surface area contributed by atoms with Crippen molar-refractivity contribution in [3.05, 3.63) is 210 Å². The van der Waals surface area contributed by atoms with Gasteiger partial charge in [0.25, 0.3) is 0 Å². The molecule has 0 amide bonds. The van der Waals surface area contributed by atoms with Crippen molar-refractivity contribution in [3.8, 4) is 11.1 Å². The summed E-state index contributed by atoms with van der Waals surface area (Å²) in [6.07, 6.45) is 5.85. The molecule has 54 heavy (non-hydrogen) atoms. The molecule has 0 unspecified atom stereocenters. The zero-order valence-electron chi connectivity index (χ0n) is 31.3. The van der Waals surface area contributed by atoms with Crippen LogP contribution in [0.5, 0.6) is 0 Å². The highest BCUT2D eigenvalue weighted by molar-refractivity contribution is 6.16. The second-order valence-electron chi connectivity index (χ2n) is 13.2. The van der Waals surface area contributed by atoms with Gasteiger partial charge in [0, 0.05) is 44.9 Å². The van der Waals surface area contributed by atoms with Gasteiger partial charge in [0.1, 0.15) is 5.76 Å². The van der Waals surface area contributed by atoms with Crippen molar-refractivity contribution in [2.24, 2.45) is 9.98 Å². The molecule has 0 atom stereocenters. The molecule has 0 aliphatic rings. The lowest BCUT2D eigenvalue weighted by atomic mass is 9.94. The van der Waals surface area contributed by atoms with E-state index in [2.05, 4.69) is 123 Å². The lowest BCUT2D eigenvalue weighted by Gasteiger charge is -2.18. The van der Waals surface area contributed by atoms with Crippen molar-refractivity contribution in [2.45, 2.75) is 20.8 Å². The van der Waals surface area contributed by atoms with Crippen LogP contribution in [0.15, 0.2) is 187 Å². The van der Waals surface area contributed by atoms with E-state index in [0.717, 1.165) is 44.6 Å². The molecule has 0 aliphatic heterocycles. The Balaban J connectivity index is 1.49. The first-order valence-corrected chi connectivity index (χ1v) is 18.1. The van der Waals surface area contributed by atoms with E-state index in [4.69, 9.17) is 14.7 Å². The van der Waals surface area contributed by atoms with Crippen LogP contribution in [0, 0.1) is 13.8 Å². The van der Waals surface area contributed by atoms with E-state index in [0.29, 0.717) is 17.3 Å². The van der Waals surface area contributed by atoms with Gasteiger partial charge in [-0.15, -0.1) is 0 Å². The minimum Gasteiger partial charge on any atom is -0.496 e. The molecule has 4 nitrogen and oxygen atoms in total. The fraction of sp³-hybridized carbons (Fsp3) is 0.0800. The molecule has 0 bridgehead atoms. The van der Waals surface area contributed by atoms with Gasteiger partial charge in [-0.1, -0.05) is 159 Å². The van der Waals surface area contributed by atoms with Gasteiger partial charge in [-0.3, -0.25) is 0 Å². The molecule has 6 aromatic carbocycles. The molecule has 0 saturated carbocycles. The quantitative estimate of drug-likeness (QED) is 0.0605. The van der Waals surface area contributed by atoms with Crippen molar-refractivity contribution in [3.63, 3.8) is 0 Å². The summed E-state index contributed by atoms with van der Waals surface area (Å²) < 4.78 is 8.46. The summed E-state index contributed by atoms with van der Waals surface area (Å²) in [6.45, 7) is 15.0. The molecule has 0 radical (unpaired) electrons. The minimum atomic E-state index is 0.577. The number of para-hydroxylation sites is 1. The largest absolute Gasteiger partial charge is 0.496 e. The van der Waals surface area contributed by atoms with Gasteiger partial charge >= 0.3 is 0 Å². The van der Waals surface area contributed by atoms with Crippen molar-refractivity contribution < 1.29 is 4.74 Å². The predicted octanol–water partition coefficient (Wildman–Crippen LogP) is 12.7. The van der Waals surface area contributed by atoms with Crippen LogP contribution in [0.2, 0.25) is 0 Å². The van der Waals surface area contributed by atoms with Crippen molar-refractivity contribution >= 4 is 50.8 Å². The zero-order chi connectivity index (χ0) is 37.6. The van der Waals surface area contributed by atoms with E-state index in [1.165, 1.54) is 33.0 Å². The molecule has 1 aromatic heterocycles. The van der Waals surface area contributed by atoms with Crippen LogP contribution in [0.3, 0.4) is 0 Å². The highest BCUT2D eigenvalue weighted by Crippen LogP contribution is 2.41. The lowest BCUT2D eigenvalue weighted by Crippen LogP contribution is -2.05. The normalized spacial score (nSPS) is 12.7. The number of aliphatic imine (C=N–C) groups is 2. The number of rotatable bonds is 10. The number of amidine groups is 1. The van der Waals surface area contributed by atoms with Gasteiger partial charge < -0.3 is 9.30 Å². The minimum absolute atomic E-state index is 0.577. The second-order valence-corrected chi connectivity index (χ2v) is 13.2. The third-order valence-electron chi connectivity index (χ3n) is 9.77. The Kier molecular flexibility index (Phi) is 10.5. The number of aryl methyl sites for hydroxylation is 2. The van der Waals surface area contributed by atoms with Gasteiger partial charge in [0.05, 0.1) is 23.8 Å². The first-order chi connectivity index (χ1) is 26.4. The van der Waals surface area contributed by atoms with Gasteiger partial charge in [-0.25, -0.2) is 9.98 Å². The Morgan fingerprint density at radius 2 is 1.28 bits per heavy atom. The third-order valence-corrected chi connectivity index (χ3v) is 9.77. The molecule has 0 aliphatic carbocycles. The van der Waals surface area contributed by atoms with Crippen LogP contribution in [-0.2, 0) is 4.74 Å². The van der Waals surface area contributed by atoms with Crippen molar-refractivity contribution in [1.29, 1.82) is 0 Å². The number of nitrogens with zero attached hydrogens (tertiary/aromatic N) is 3. The van der Waals surface area contributed by atoms with E-state index >= 15 is 0 Å². The number of methoxy groups -OCH3 is 1. The van der Waals surface area contributed by atoms with Crippen molar-refractivity contribution in [2.75, 3.05) is 7.11 Å². The van der Waals surface area contributed by atoms with Crippen molar-refractivity contribution in [1.82, 2.24) is 4.57 Å². The Morgan fingerprint density at radius 3 is 1.98 bits per heavy atom. The molecule has 0 spiro atoms. The Labute approximate surface area is 318 Å². The molecule has 264 valence electrons. The fourth-order valence-electron chi connectivity index (χ4n) is 7.09. The smallest absolute Gasteiger partial charge is 0.160 e. The number of hydrogen-bond acceptors (Lipinski definition) is 2. The predicted molar refractivity (Wildman–Crippen MR) is 231 cm³/mol. The average Bonchev–Trinajstić information content (AvgIpc) is 3.52. The standard InChI is InChI=1S/C50H43N3O/c1-7-20-47(54-6)45(33-53-46-30-19-18-29-43(46)44-32-31-35(3)48(49(44)53)40-26-15-14-21-34(40)2)42-28-17-16-27-41(42)37(5)52-50(39-24-12-9-13-25-39)51-36(4)38-22-10-8-11-23-38/h7-33H,1,5H2,2-4,6H3/b45-33-,47-20+,51-36?,52-50?. The topological polar surface area (TPSA) is 38.9 Å². The number of hydrogen-bond donors (Lipinski definition) is 0. The first kappa shape index (κ1) is 35.6. The Hall–Kier alpha value is -6.78. The van der Waals surface area contributed by atoms with Gasteiger partial charge in [-0.05, 0) is 60.7 Å². The molecule has 0 N–H and O–H groups in total. The number of aromatic nitrogens is 1. The number of benzene rings is 6. The summed E-state index contributed by atoms with van der Waals surface area (Å²) in [5, 5.41) is 2.35. The van der Waals surface area contributed by atoms with Crippen LogP contribution >= 0.6 is 0 Å². The molecule has 1 heterocycles. The highest BCUT2D eigenvalue weighted by Gasteiger charge is 2.21. The van der Waals surface area contributed by atoms with E-state index in [-0.39, 0.29) is 0 Å². The maximum atomic E-state index is 6.15. The Bertz CT molecular complexity index is 2640. The summed E-state index contributed by atoms with van der Waals surface area (Å²) in [6, 6.07) is 50.0. The van der Waals surface area contributed by atoms with E-state index in [1.54, 1.807) is 13.2 Å². The molecule has 7 rings (SSSR count). The fourth-order valence-corrected chi connectivity index (χ4v) is 7.09. The summed E-state index contributed by atoms with van der Waals surface area (Å²) in [7, 11) is 1.70. The number of fused-ring (bicyclic) bond motifs is 3. The maximum absolute atomic E-state index is 6.15. The molecule has 4 heteroatoms. The van der Waals surface area contributed by atoms with Crippen LogP contribution in [0.25, 0.3) is 50.4 Å². The average molecular weight is 702 g/mol. The highest BCUT2D eigenvalue weighted by atomic mass is 16.5. The summed E-state index contributed by atoms with van der Waals surface area (Å²) >= 11 is 0. The van der Waals surface area contributed by atoms with Gasteiger partial charge in [0.2, 0.25) is 0 Å². The third kappa shape index (κ3) is 7.02. The summed E-state index contributed by atoms with van der Waals surface area (Å²) in [4.78, 5) is 10.2. The lowest BCUT2D eigenvalue weighted by molar-refractivity contribution is 0.311. The summed E-state index contributed by atoms with van der Waals surface area (Å²) in [5.74, 6) is 1.24. The SMILES string of the molecule is C=C/C=C(OC)\C(=C/n1c2ccccc2c2ccc(C)c(-c3ccccc3C)c21)c1ccccc1C(=C)N=C(N=C(C)c1ccccc1)c1ccccc1. The molecule has 7 aromatic rings. The maximum Gasteiger partial charge on any atom is 0.160 e. The van der Waals surface area contributed by atoms with Gasteiger partial charge in [0.15, 0.2) is 5.84 Å². The molecular formula is C50H43N3O. The number of allylic oxidation sites excluding steroid dienone is 3. The summed E-state index contributed by atoms with van der Waals surface area (Å²) in [5.41, 5.74) is 13.0. The molecule has 0 saturated heterocycles. The van der Waals surface area contributed by atoms with E-state index in [9.17, 15) is 0 Å². The van der Waals surface area contributed by atoms with Crippen LogP contribution < -0.4 is 0 Å². The molecular weight excluding hydrogens is 659 g/mol. The Morgan fingerprint density at radius 1 is 0.648 bits per heavy atom. The van der Waals surface area contributed by atoms with Crippen LogP contribution in [-0.4, -0.2) is 23.2 Å². The zero-order valence-corrected chi connectivity index (χ0v) is 31.3. The van der Waals surface area contributed by atoms with E-state index < -0.39 is 0 Å². The van der Waals surface area contributed by atoms with E-state index in [1.807, 2.05) is 73.7 Å².